The summed E-state index contributed by atoms with van der Waals surface area (Å²) in [5.41, 5.74) is -1.13. The molecule has 2 nitrogen and oxygen atoms in total. The minimum Gasteiger partial charge on any atom is -0.456 e. The summed E-state index contributed by atoms with van der Waals surface area (Å²) >= 11 is 0. The van der Waals surface area contributed by atoms with E-state index >= 15 is 0 Å². The van der Waals surface area contributed by atoms with E-state index in [9.17, 15) is 22.4 Å². The third-order valence-corrected chi connectivity index (χ3v) is 3.16. The van der Waals surface area contributed by atoms with Crippen LogP contribution < -0.4 is 5.43 Å². The number of fused-ring (bicyclic) bond motifs is 1. The van der Waals surface area contributed by atoms with Gasteiger partial charge in [0.25, 0.3) is 0 Å². The van der Waals surface area contributed by atoms with Gasteiger partial charge >= 0.3 is 6.18 Å². The molecule has 0 saturated carbocycles. The van der Waals surface area contributed by atoms with Gasteiger partial charge in [0.1, 0.15) is 17.2 Å². The quantitative estimate of drug-likeness (QED) is 0.614. The zero-order valence-corrected chi connectivity index (χ0v) is 10.9. The first-order chi connectivity index (χ1) is 10.3. The fourth-order valence-corrected chi connectivity index (χ4v) is 2.12. The molecule has 1 aromatic heterocycles. The summed E-state index contributed by atoms with van der Waals surface area (Å²) in [5, 5.41) is 0.0377. The van der Waals surface area contributed by atoms with E-state index in [0.717, 1.165) is 30.3 Å². The summed E-state index contributed by atoms with van der Waals surface area (Å²) in [4.78, 5) is 12.0. The van der Waals surface area contributed by atoms with Gasteiger partial charge in [0.15, 0.2) is 5.43 Å². The van der Waals surface area contributed by atoms with Gasteiger partial charge in [-0.1, -0.05) is 12.1 Å². The number of benzene rings is 2. The predicted molar refractivity (Wildman–Crippen MR) is 72.9 cm³/mol. The van der Waals surface area contributed by atoms with E-state index in [1.165, 1.54) is 18.2 Å². The number of halogens is 4. The van der Waals surface area contributed by atoms with Crippen LogP contribution in [0.2, 0.25) is 0 Å². The number of hydrogen-bond acceptors (Lipinski definition) is 2. The summed E-state index contributed by atoms with van der Waals surface area (Å²) in [6.07, 6.45) is -4.49. The lowest BCUT2D eigenvalue weighted by atomic mass is 10.1. The maximum atomic E-state index is 13.1. The summed E-state index contributed by atoms with van der Waals surface area (Å²) in [6, 6.07) is 8.92. The predicted octanol–water partition coefficient (Wildman–Crippen LogP) is 4.62. The lowest BCUT2D eigenvalue weighted by Crippen LogP contribution is -2.05. The molecule has 3 rings (SSSR count). The van der Waals surface area contributed by atoms with E-state index in [2.05, 4.69) is 0 Å². The van der Waals surface area contributed by atoms with Crippen LogP contribution in [0.1, 0.15) is 5.56 Å². The highest BCUT2D eigenvalue weighted by Gasteiger charge is 2.30. The second-order valence-corrected chi connectivity index (χ2v) is 4.69. The van der Waals surface area contributed by atoms with E-state index in [4.69, 9.17) is 4.42 Å². The fraction of sp³-hybridized carbons (Fsp3) is 0.0625. The molecule has 0 unspecified atom stereocenters. The van der Waals surface area contributed by atoms with Crippen molar-refractivity contribution in [1.29, 1.82) is 0 Å². The van der Waals surface area contributed by atoms with Gasteiger partial charge in [-0.15, -0.1) is 0 Å². The van der Waals surface area contributed by atoms with Gasteiger partial charge in [-0.05, 0) is 30.3 Å². The molecule has 2 aromatic carbocycles. The highest BCUT2D eigenvalue weighted by Crippen LogP contribution is 2.32. The monoisotopic (exact) mass is 308 g/mol. The van der Waals surface area contributed by atoms with Crippen molar-refractivity contribution < 1.29 is 22.0 Å². The molecule has 0 amide bonds. The summed E-state index contributed by atoms with van der Waals surface area (Å²) < 4.78 is 56.7. The van der Waals surface area contributed by atoms with Crippen molar-refractivity contribution in [2.75, 3.05) is 0 Å². The lowest BCUT2D eigenvalue weighted by Gasteiger charge is -2.08. The standard InChI is InChI=1S/C16H8F4O2/c17-11-4-5-14-12(7-11)13(21)8-15(22-14)9-2-1-3-10(6-9)16(18,19)20/h1-8H. The number of hydrogen-bond donors (Lipinski definition) is 0. The average molecular weight is 308 g/mol. The summed E-state index contributed by atoms with van der Waals surface area (Å²) in [7, 11) is 0. The molecule has 0 radical (unpaired) electrons. The first-order valence-electron chi connectivity index (χ1n) is 6.26. The van der Waals surface area contributed by atoms with Crippen LogP contribution in [0.5, 0.6) is 0 Å². The van der Waals surface area contributed by atoms with Crippen molar-refractivity contribution in [3.05, 3.63) is 70.1 Å². The molecule has 0 spiro atoms. The molecular formula is C16H8F4O2. The molecule has 0 aliphatic heterocycles. The van der Waals surface area contributed by atoms with Gasteiger partial charge in [-0.3, -0.25) is 4.79 Å². The topological polar surface area (TPSA) is 30.2 Å². The lowest BCUT2D eigenvalue weighted by molar-refractivity contribution is -0.137. The third-order valence-electron chi connectivity index (χ3n) is 3.16. The largest absolute Gasteiger partial charge is 0.456 e. The second kappa shape index (κ2) is 4.98. The Hall–Kier alpha value is -2.63. The summed E-state index contributed by atoms with van der Waals surface area (Å²) in [6.45, 7) is 0. The molecule has 1 heterocycles. The second-order valence-electron chi connectivity index (χ2n) is 4.69. The Labute approximate surface area is 121 Å². The smallest absolute Gasteiger partial charge is 0.416 e. The molecular weight excluding hydrogens is 300 g/mol. The molecule has 0 bridgehead atoms. The van der Waals surface area contributed by atoms with Crippen LogP contribution in [0.3, 0.4) is 0 Å². The van der Waals surface area contributed by atoms with Crippen molar-refractivity contribution >= 4 is 11.0 Å². The SMILES string of the molecule is O=c1cc(-c2cccc(C(F)(F)F)c2)oc2ccc(F)cc12. The summed E-state index contributed by atoms with van der Waals surface area (Å²) in [5.74, 6) is -0.596. The highest BCUT2D eigenvalue weighted by molar-refractivity contribution is 5.78. The van der Waals surface area contributed by atoms with Crippen LogP contribution in [0.4, 0.5) is 17.6 Å². The molecule has 0 saturated heterocycles. The minimum atomic E-state index is -4.49. The molecule has 22 heavy (non-hydrogen) atoms. The van der Waals surface area contributed by atoms with E-state index in [1.54, 1.807) is 0 Å². The van der Waals surface area contributed by atoms with Crippen LogP contribution in [-0.2, 0) is 6.18 Å². The van der Waals surface area contributed by atoms with Crippen LogP contribution in [-0.4, -0.2) is 0 Å². The third kappa shape index (κ3) is 2.59. The molecule has 3 aromatic rings. The normalized spacial score (nSPS) is 11.8. The van der Waals surface area contributed by atoms with E-state index in [0.29, 0.717) is 0 Å². The van der Waals surface area contributed by atoms with Gasteiger partial charge in [-0.25, -0.2) is 4.39 Å². The van der Waals surface area contributed by atoms with Gasteiger partial charge in [0.2, 0.25) is 0 Å². The van der Waals surface area contributed by atoms with Crippen LogP contribution >= 0.6 is 0 Å². The van der Waals surface area contributed by atoms with Crippen molar-refractivity contribution in [2.24, 2.45) is 0 Å². The molecule has 0 fully saturated rings. The first kappa shape index (κ1) is 14.3. The average Bonchev–Trinajstić information content (AvgIpc) is 2.47. The maximum absolute atomic E-state index is 13.1. The van der Waals surface area contributed by atoms with E-state index < -0.39 is 23.0 Å². The Balaban J connectivity index is 2.19. The first-order valence-corrected chi connectivity index (χ1v) is 6.26. The van der Waals surface area contributed by atoms with Gasteiger partial charge < -0.3 is 4.42 Å². The van der Waals surface area contributed by atoms with Crippen LogP contribution in [0, 0.1) is 5.82 Å². The van der Waals surface area contributed by atoms with Crippen LogP contribution in [0.25, 0.3) is 22.3 Å². The highest BCUT2D eigenvalue weighted by atomic mass is 19.4. The van der Waals surface area contributed by atoms with Crippen molar-refractivity contribution in [1.82, 2.24) is 0 Å². The number of alkyl halides is 3. The number of rotatable bonds is 1. The van der Waals surface area contributed by atoms with Crippen molar-refractivity contribution in [3.8, 4) is 11.3 Å². The van der Waals surface area contributed by atoms with Crippen molar-refractivity contribution in [2.45, 2.75) is 6.18 Å². The molecule has 6 heteroatoms. The van der Waals surface area contributed by atoms with Crippen LogP contribution in [0.15, 0.2) is 57.7 Å². The maximum Gasteiger partial charge on any atom is 0.416 e. The molecule has 112 valence electrons. The van der Waals surface area contributed by atoms with Gasteiger partial charge in [0, 0.05) is 11.6 Å². The Morgan fingerprint density at radius 1 is 0.955 bits per heavy atom. The minimum absolute atomic E-state index is 0.00444. The molecule has 0 N–H and O–H groups in total. The van der Waals surface area contributed by atoms with Crippen molar-refractivity contribution in [3.63, 3.8) is 0 Å². The fourth-order valence-electron chi connectivity index (χ4n) is 2.12. The Morgan fingerprint density at radius 3 is 2.45 bits per heavy atom. The Morgan fingerprint density at radius 2 is 1.73 bits per heavy atom. The molecule has 0 atom stereocenters. The Kier molecular flexibility index (Phi) is 3.24. The van der Waals surface area contributed by atoms with E-state index in [1.807, 2.05) is 0 Å². The van der Waals surface area contributed by atoms with E-state index in [-0.39, 0.29) is 22.3 Å². The Bertz CT molecular complexity index is 910. The zero-order valence-electron chi connectivity index (χ0n) is 10.9. The van der Waals surface area contributed by atoms with Gasteiger partial charge in [-0.2, -0.15) is 13.2 Å². The molecule has 0 aliphatic carbocycles. The van der Waals surface area contributed by atoms with Gasteiger partial charge in [0.05, 0.1) is 10.9 Å². The zero-order chi connectivity index (χ0) is 15.9. The molecule has 0 aliphatic rings.